The van der Waals surface area contributed by atoms with Crippen molar-refractivity contribution in [1.82, 2.24) is 15.2 Å². The van der Waals surface area contributed by atoms with Crippen LogP contribution in [0, 0.1) is 5.92 Å². The topological polar surface area (TPSA) is 88.3 Å². The molecule has 0 bridgehead atoms. The van der Waals surface area contributed by atoms with Crippen LogP contribution in [0.15, 0.2) is 42.5 Å². The van der Waals surface area contributed by atoms with Gasteiger partial charge in [-0.3, -0.25) is 9.59 Å². The molecule has 0 radical (unpaired) electrons. The minimum Gasteiger partial charge on any atom is -0.366 e. The van der Waals surface area contributed by atoms with Gasteiger partial charge in [0, 0.05) is 31.3 Å². The number of hydrogen-bond donors (Lipinski definition) is 2. The maximum atomic E-state index is 12.9. The van der Waals surface area contributed by atoms with Gasteiger partial charge in [-0.1, -0.05) is 30.3 Å². The summed E-state index contributed by atoms with van der Waals surface area (Å²) in [7, 11) is 1.79. The van der Waals surface area contributed by atoms with Gasteiger partial charge >= 0.3 is 0 Å². The van der Waals surface area contributed by atoms with Crippen molar-refractivity contribution in [3.63, 3.8) is 0 Å². The number of rotatable bonds is 8. The molecular weight excluding hydrogens is 364 g/mol. The van der Waals surface area contributed by atoms with Crippen molar-refractivity contribution in [1.29, 1.82) is 0 Å². The molecule has 3 N–H and O–H groups in total. The summed E-state index contributed by atoms with van der Waals surface area (Å²) in [5.41, 5.74) is 7.81. The summed E-state index contributed by atoms with van der Waals surface area (Å²) < 4.78 is 0. The number of piperidine rings is 1. The Bertz CT molecular complexity index is 832. The predicted octanol–water partition coefficient (Wildman–Crippen LogP) is 2.62. The van der Waals surface area contributed by atoms with E-state index >= 15 is 0 Å². The molecular formula is C23H30N4O2. The Morgan fingerprint density at radius 1 is 1.17 bits per heavy atom. The van der Waals surface area contributed by atoms with Crippen molar-refractivity contribution < 1.29 is 9.59 Å². The molecule has 0 aliphatic carbocycles. The summed E-state index contributed by atoms with van der Waals surface area (Å²) in [6, 6.07) is 13.0. The van der Waals surface area contributed by atoms with Crippen LogP contribution in [0.4, 0.5) is 0 Å². The molecule has 154 valence electrons. The lowest BCUT2D eigenvalue weighted by molar-refractivity contribution is 0.0784. The van der Waals surface area contributed by atoms with Crippen LogP contribution in [-0.2, 0) is 6.42 Å². The molecule has 1 saturated heterocycles. The number of carbonyl (C=O) groups is 2. The van der Waals surface area contributed by atoms with Crippen LogP contribution < -0.4 is 11.1 Å². The quantitative estimate of drug-likeness (QED) is 0.720. The van der Waals surface area contributed by atoms with Crippen LogP contribution in [-0.4, -0.2) is 48.4 Å². The van der Waals surface area contributed by atoms with Gasteiger partial charge < -0.3 is 16.0 Å². The first-order chi connectivity index (χ1) is 14.0. The number of hydrogen-bond acceptors (Lipinski definition) is 4. The maximum absolute atomic E-state index is 12.9. The largest absolute Gasteiger partial charge is 0.366 e. The van der Waals surface area contributed by atoms with Crippen LogP contribution in [0.25, 0.3) is 0 Å². The SMILES string of the molecule is CN(CCCC1CCNCC1)C(=O)c1cc(C(N)=O)cc(Cc2ccccc2)n1. The summed E-state index contributed by atoms with van der Waals surface area (Å²) in [6.07, 6.45) is 5.07. The fourth-order valence-corrected chi connectivity index (χ4v) is 3.82. The summed E-state index contributed by atoms with van der Waals surface area (Å²) in [5.74, 6) is 0.0191. The average molecular weight is 395 g/mol. The number of aromatic nitrogens is 1. The number of nitrogens with zero attached hydrogens (tertiary/aromatic N) is 2. The van der Waals surface area contributed by atoms with Crippen molar-refractivity contribution in [2.24, 2.45) is 11.7 Å². The molecule has 6 heteroatoms. The standard InChI is InChI=1S/C23H30N4O2/c1-27(13-5-8-17-9-11-25-12-10-17)23(29)21-16-19(22(24)28)15-20(26-21)14-18-6-3-2-4-7-18/h2-4,6-7,15-17,25H,5,8-14H2,1H3,(H2,24,28). The highest BCUT2D eigenvalue weighted by Gasteiger charge is 2.18. The van der Waals surface area contributed by atoms with Crippen LogP contribution in [0.5, 0.6) is 0 Å². The van der Waals surface area contributed by atoms with E-state index in [2.05, 4.69) is 10.3 Å². The Hall–Kier alpha value is -2.73. The normalized spacial score (nSPS) is 14.5. The molecule has 1 aromatic heterocycles. The van der Waals surface area contributed by atoms with Gasteiger partial charge in [0.05, 0.1) is 0 Å². The third kappa shape index (κ3) is 6.12. The molecule has 0 saturated carbocycles. The predicted molar refractivity (Wildman–Crippen MR) is 114 cm³/mol. The Balaban J connectivity index is 1.66. The summed E-state index contributed by atoms with van der Waals surface area (Å²) >= 11 is 0. The third-order valence-corrected chi connectivity index (χ3v) is 5.52. The monoisotopic (exact) mass is 394 g/mol. The molecule has 2 aromatic rings. The van der Waals surface area contributed by atoms with Crippen molar-refractivity contribution in [3.8, 4) is 0 Å². The molecule has 0 spiro atoms. The Morgan fingerprint density at radius 3 is 2.59 bits per heavy atom. The Labute approximate surface area is 172 Å². The summed E-state index contributed by atoms with van der Waals surface area (Å²) in [4.78, 5) is 30.9. The summed E-state index contributed by atoms with van der Waals surface area (Å²) in [5, 5.41) is 3.38. The molecule has 0 unspecified atom stereocenters. The van der Waals surface area contributed by atoms with Crippen molar-refractivity contribution >= 4 is 11.8 Å². The van der Waals surface area contributed by atoms with Crippen LogP contribution >= 0.6 is 0 Å². The molecule has 0 atom stereocenters. The minimum absolute atomic E-state index is 0.173. The number of pyridine rings is 1. The van der Waals surface area contributed by atoms with Crippen LogP contribution in [0.3, 0.4) is 0 Å². The lowest BCUT2D eigenvalue weighted by Gasteiger charge is -2.24. The van der Waals surface area contributed by atoms with Crippen LogP contribution in [0.2, 0.25) is 0 Å². The molecule has 3 rings (SSSR count). The van der Waals surface area contributed by atoms with E-state index in [9.17, 15) is 9.59 Å². The fraction of sp³-hybridized carbons (Fsp3) is 0.435. The average Bonchev–Trinajstić information content (AvgIpc) is 2.74. The van der Waals surface area contributed by atoms with E-state index in [1.54, 1.807) is 18.0 Å². The molecule has 1 aliphatic heterocycles. The van der Waals surface area contributed by atoms with E-state index in [0.717, 1.165) is 37.4 Å². The van der Waals surface area contributed by atoms with Gasteiger partial charge in [-0.05, 0) is 62.4 Å². The highest BCUT2D eigenvalue weighted by Crippen LogP contribution is 2.18. The van der Waals surface area contributed by atoms with Gasteiger partial charge in [0.2, 0.25) is 5.91 Å². The fourth-order valence-electron chi connectivity index (χ4n) is 3.82. The first-order valence-corrected chi connectivity index (χ1v) is 10.3. The van der Waals surface area contributed by atoms with Gasteiger partial charge in [-0.15, -0.1) is 0 Å². The van der Waals surface area contributed by atoms with Gasteiger partial charge in [0.1, 0.15) is 5.69 Å². The highest BCUT2D eigenvalue weighted by atomic mass is 16.2. The van der Waals surface area contributed by atoms with Crippen molar-refractivity contribution in [2.75, 3.05) is 26.7 Å². The second kappa shape index (κ2) is 10.2. The van der Waals surface area contributed by atoms with E-state index in [-0.39, 0.29) is 11.6 Å². The second-order valence-electron chi connectivity index (χ2n) is 7.82. The second-order valence-corrected chi connectivity index (χ2v) is 7.82. The lowest BCUT2D eigenvalue weighted by Crippen LogP contribution is -2.31. The zero-order valence-corrected chi connectivity index (χ0v) is 17.1. The van der Waals surface area contributed by atoms with Crippen molar-refractivity contribution in [2.45, 2.75) is 32.1 Å². The zero-order valence-electron chi connectivity index (χ0n) is 17.1. The van der Waals surface area contributed by atoms with E-state index in [0.29, 0.717) is 24.2 Å². The summed E-state index contributed by atoms with van der Waals surface area (Å²) in [6.45, 7) is 2.86. The number of carbonyl (C=O) groups excluding carboxylic acids is 2. The number of nitrogens with two attached hydrogens (primary N) is 1. The Morgan fingerprint density at radius 2 is 1.90 bits per heavy atom. The van der Waals surface area contributed by atoms with Gasteiger partial charge in [-0.2, -0.15) is 0 Å². The van der Waals surface area contributed by atoms with Gasteiger partial charge in [0.25, 0.3) is 5.91 Å². The maximum Gasteiger partial charge on any atom is 0.272 e. The van der Waals surface area contributed by atoms with E-state index < -0.39 is 5.91 Å². The number of nitrogens with one attached hydrogen (secondary N) is 1. The molecule has 1 aromatic carbocycles. The molecule has 1 fully saturated rings. The first kappa shape index (κ1) is 21.0. The van der Waals surface area contributed by atoms with E-state index in [4.69, 9.17) is 5.73 Å². The molecule has 6 nitrogen and oxygen atoms in total. The minimum atomic E-state index is -0.552. The lowest BCUT2D eigenvalue weighted by atomic mass is 9.93. The zero-order chi connectivity index (χ0) is 20.6. The first-order valence-electron chi connectivity index (χ1n) is 10.3. The molecule has 1 aliphatic rings. The number of benzene rings is 1. The smallest absolute Gasteiger partial charge is 0.272 e. The molecule has 29 heavy (non-hydrogen) atoms. The number of primary amides is 1. The highest BCUT2D eigenvalue weighted by molar-refractivity contribution is 5.97. The van der Waals surface area contributed by atoms with Gasteiger partial charge in [-0.25, -0.2) is 4.98 Å². The number of amides is 2. The van der Waals surface area contributed by atoms with E-state index in [1.807, 2.05) is 30.3 Å². The molecule has 2 amide bonds. The third-order valence-electron chi connectivity index (χ3n) is 5.52. The van der Waals surface area contributed by atoms with E-state index in [1.165, 1.54) is 18.9 Å². The van der Waals surface area contributed by atoms with Crippen molar-refractivity contribution in [3.05, 3.63) is 65.0 Å². The molecule has 2 heterocycles. The van der Waals surface area contributed by atoms with Gasteiger partial charge in [0.15, 0.2) is 0 Å². The Kier molecular flexibility index (Phi) is 7.36. The van der Waals surface area contributed by atoms with Crippen LogP contribution in [0.1, 0.15) is 57.8 Å².